The smallest absolute Gasteiger partial charge is 0.230 e. The van der Waals surface area contributed by atoms with Gasteiger partial charge in [-0.3, -0.25) is 14.4 Å². The molecule has 0 saturated carbocycles. The highest BCUT2D eigenvalue weighted by Crippen LogP contribution is 2.39. The van der Waals surface area contributed by atoms with Gasteiger partial charge < -0.3 is 0 Å². The van der Waals surface area contributed by atoms with Crippen molar-refractivity contribution in [2.24, 2.45) is 17.8 Å². The van der Waals surface area contributed by atoms with Crippen LogP contribution in [0.1, 0.15) is 46.9 Å². The zero-order valence-corrected chi connectivity index (χ0v) is 15.8. The van der Waals surface area contributed by atoms with E-state index in [2.05, 4.69) is 20.0 Å². The van der Waals surface area contributed by atoms with Gasteiger partial charge in [-0.05, 0) is 18.3 Å². The van der Waals surface area contributed by atoms with Crippen LogP contribution in [0.25, 0.3) is 0 Å². The normalized spacial score (nSPS) is 25.5. The van der Waals surface area contributed by atoms with Crippen molar-refractivity contribution in [3.63, 3.8) is 0 Å². The molecule has 3 rings (SSSR count). The second kappa shape index (κ2) is 6.39. The van der Waals surface area contributed by atoms with Gasteiger partial charge in [-0.25, -0.2) is 0 Å². The largest absolute Gasteiger partial charge is 0.293 e. The summed E-state index contributed by atoms with van der Waals surface area (Å²) in [4.78, 5) is 37.5. The Morgan fingerprint density at radius 1 is 1.00 bits per heavy atom. The van der Waals surface area contributed by atoms with Crippen LogP contribution in [0.3, 0.4) is 0 Å². The molecule has 2 aliphatic rings. The zero-order valence-electron chi connectivity index (χ0n) is 14.8. The lowest BCUT2D eigenvalue weighted by atomic mass is 9.74. The summed E-state index contributed by atoms with van der Waals surface area (Å²) >= 11 is 0. The van der Waals surface area contributed by atoms with Crippen LogP contribution in [0.15, 0.2) is 24.3 Å². The monoisotopic (exact) mass is 342 g/mol. The number of benzene rings is 1. The summed E-state index contributed by atoms with van der Waals surface area (Å²) in [7, 11) is -1.00. The lowest BCUT2D eigenvalue weighted by Gasteiger charge is -2.36. The quantitative estimate of drug-likeness (QED) is 0.465. The molecule has 0 radical (unpaired) electrons. The van der Waals surface area contributed by atoms with Gasteiger partial charge in [0.25, 0.3) is 0 Å². The molecular formula is C20H26O3Si. The van der Waals surface area contributed by atoms with Crippen LogP contribution in [0, 0.1) is 17.8 Å². The molecule has 1 aromatic carbocycles. The lowest BCUT2D eigenvalue weighted by molar-refractivity contribution is -0.118. The Balaban J connectivity index is 1.75. The van der Waals surface area contributed by atoms with E-state index in [0.717, 1.165) is 0 Å². The van der Waals surface area contributed by atoms with E-state index < -0.39 is 25.6 Å². The highest BCUT2D eigenvalue weighted by molar-refractivity contribution is 6.77. The van der Waals surface area contributed by atoms with Gasteiger partial charge in [-0.15, -0.1) is 0 Å². The van der Waals surface area contributed by atoms with E-state index in [9.17, 15) is 14.4 Å². The summed E-state index contributed by atoms with van der Waals surface area (Å²) in [5, 5.41) is 0. The summed E-state index contributed by atoms with van der Waals surface area (Å²) in [5.41, 5.74) is 0.707. The Morgan fingerprint density at radius 2 is 1.58 bits per heavy atom. The third-order valence-electron chi connectivity index (χ3n) is 6.09. The van der Waals surface area contributed by atoms with Crippen LogP contribution in [0.5, 0.6) is 0 Å². The Bertz CT molecular complexity index is 682. The van der Waals surface area contributed by atoms with Gasteiger partial charge in [0.1, 0.15) is 0 Å². The third-order valence-corrected chi connectivity index (χ3v) is 9.37. The molecule has 1 fully saturated rings. The molecule has 2 atom stereocenters. The van der Waals surface area contributed by atoms with Crippen LogP contribution >= 0.6 is 0 Å². The van der Waals surface area contributed by atoms with Crippen LogP contribution in [-0.2, 0) is 4.79 Å². The Hall–Kier alpha value is -1.55. The Morgan fingerprint density at radius 3 is 2.21 bits per heavy atom. The molecule has 1 heterocycles. The first kappa shape index (κ1) is 17.3. The number of hydrogen-bond donors (Lipinski definition) is 0. The fraction of sp³-hybridized carbons (Fsp3) is 0.550. The van der Waals surface area contributed by atoms with Gasteiger partial charge in [-0.2, -0.15) is 0 Å². The van der Waals surface area contributed by atoms with E-state index in [1.54, 1.807) is 24.3 Å². The summed E-state index contributed by atoms with van der Waals surface area (Å²) in [6.07, 6.45) is 2.93. The average Bonchev–Trinajstić information content (AvgIpc) is 2.56. The van der Waals surface area contributed by atoms with E-state index in [1.165, 1.54) is 24.9 Å². The van der Waals surface area contributed by atoms with Crippen molar-refractivity contribution in [2.75, 3.05) is 0 Å². The topological polar surface area (TPSA) is 51.2 Å². The molecule has 1 aliphatic carbocycles. The molecule has 0 amide bonds. The zero-order chi connectivity index (χ0) is 17.5. The number of Topliss-reactive ketones (excluding diaryl/α,β-unsaturated/α-hetero) is 3. The molecule has 0 bridgehead atoms. The maximum Gasteiger partial charge on any atom is 0.230 e. The minimum Gasteiger partial charge on any atom is -0.293 e. The van der Waals surface area contributed by atoms with Crippen molar-refractivity contribution in [2.45, 2.75) is 51.4 Å². The van der Waals surface area contributed by atoms with Crippen molar-refractivity contribution < 1.29 is 14.4 Å². The fourth-order valence-corrected chi connectivity index (χ4v) is 6.82. The third kappa shape index (κ3) is 3.16. The summed E-state index contributed by atoms with van der Waals surface area (Å²) in [6.45, 7) is 7.03. The van der Waals surface area contributed by atoms with Crippen LogP contribution in [-0.4, -0.2) is 25.4 Å². The molecular weight excluding hydrogens is 316 g/mol. The minimum atomic E-state index is -1.00. The highest BCUT2D eigenvalue weighted by atomic mass is 28.3. The lowest BCUT2D eigenvalue weighted by Crippen LogP contribution is -2.39. The average molecular weight is 343 g/mol. The molecule has 0 aromatic heterocycles. The molecule has 24 heavy (non-hydrogen) atoms. The predicted octanol–water partition coefficient (Wildman–Crippen LogP) is 4.40. The van der Waals surface area contributed by atoms with E-state index in [1.807, 2.05) is 0 Å². The molecule has 1 aromatic rings. The van der Waals surface area contributed by atoms with Crippen molar-refractivity contribution in [3.05, 3.63) is 35.4 Å². The van der Waals surface area contributed by atoms with Crippen molar-refractivity contribution in [1.29, 1.82) is 0 Å². The van der Waals surface area contributed by atoms with E-state index in [0.29, 0.717) is 23.8 Å². The number of ketones is 3. The van der Waals surface area contributed by atoms with Gasteiger partial charge in [-0.1, -0.05) is 69.2 Å². The number of rotatable bonds is 3. The predicted molar refractivity (Wildman–Crippen MR) is 97.2 cm³/mol. The van der Waals surface area contributed by atoms with Gasteiger partial charge in [0.05, 0.1) is 5.92 Å². The SMILES string of the molecule is CC(CC1C(=O)C(=O)c2ccccc2C1=O)C1CC[Si](C)(C)CC1. The van der Waals surface area contributed by atoms with Crippen molar-refractivity contribution in [3.8, 4) is 0 Å². The molecule has 3 nitrogen and oxygen atoms in total. The van der Waals surface area contributed by atoms with Crippen LogP contribution in [0.4, 0.5) is 0 Å². The number of carbonyl (C=O) groups excluding carboxylic acids is 3. The van der Waals surface area contributed by atoms with E-state index >= 15 is 0 Å². The summed E-state index contributed by atoms with van der Waals surface area (Å²) < 4.78 is 0. The molecule has 1 saturated heterocycles. The molecule has 0 N–H and O–H groups in total. The van der Waals surface area contributed by atoms with Gasteiger partial charge >= 0.3 is 0 Å². The summed E-state index contributed by atoms with van der Waals surface area (Å²) in [5.74, 6) is -1.03. The van der Waals surface area contributed by atoms with E-state index in [-0.39, 0.29) is 11.3 Å². The molecule has 1 aliphatic heterocycles. The van der Waals surface area contributed by atoms with Gasteiger partial charge in [0, 0.05) is 19.2 Å². The maximum atomic E-state index is 12.7. The maximum absolute atomic E-state index is 12.7. The van der Waals surface area contributed by atoms with Gasteiger partial charge in [0.15, 0.2) is 5.78 Å². The molecule has 4 heteroatoms. The molecule has 2 unspecified atom stereocenters. The fourth-order valence-electron chi connectivity index (χ4n) is 4.26. The minimum absolute atomic E-state index is 0.160. The number of fused-ring (bicyclic) bond motifs is 1. The van der Waals surface area contributed by atoms with Crippen LogP contribution < -0.4 is 0 Å². The first-order valence-electron chi connectivity index (χ1n) is 9.02. The molecule has 128 valence electrons. The first-order chi connectivity index (χ1) is 11.3. The van der Waals surface area contributed by atoms with Crippen molar-refractivity contribution >= 4 is 25.4 Å². The standard InChI is InChI=1S/C20H26O3Si/c1-13(14-8-10-24(2,3)11-9-14)12-17-18(21)15-6-4-5-7-16(15)19(22)20(17)23/h4-7,13-14,17H,8-12H2,1-3H3. The molecule has 0 spiro atoms. The number of carbonyl (C=O) groups is 3. The van der Waals surface area contributed by atoms with E-state index in [4.69, 9.17) is 0 Å². The Kier molecular flexibility index (Phi) is 4.60. The van der Waals surface area contributed by atoms with Crippen LogP contribution in [0.2, 0.25) is 25.2 Å². The van der Waals surface area contributed by atoms with Crippen molar-refractivity contribution in [1.82, 2.24) is 0 Å². The van der Waals surface area contributed by atoms with Gasteiger partial charge in [0.2, 0.25) is 11.6 Å². The summed E-state index contributed by atoms with van der Waals surface area (Å²) in [6, 6.07) is 9.38. The first-order valence-corrected chi connectivity index (χ1v) is 12.4. The highest BCUT2D eigenvalue weighted by Gasteiger charge is 2.42. The Labute approximate surface area is 144 Å². The number of hydrogen-bond acceptors (Lipinski definition) is 3. The second-order valence-electron chi connectivity index (χ2n) is 8.37. The second-order valence-corrected chi connectivity index (χ2v) is 13.7.